The predicted octanol–water partition coefficient (Wildman–Crippen LogP) is -5.55. The summed E-state index contributed by atoms with van der Waals surface area (Å²) in [4.78, 5) is 3.60. The average Bonchev–Trinajstić information content (AvgIpc) is 1.76. The molecule has 0 amide bonds. The van der Waals surface area contributed by atoms with E-state index < -0.39 is 0 Å². The van der Waals surface area contributed by atoms with E-state index in [1.807, 2.05) is 6.07 Å². The van der Waals surface area contributed by atoms with Crippen LogP contribution in [-0.2, 0) is 0 Å². The van der Waals surface area contributed by atoms with Gasteiger partial charge in [0.1, 0.15) is 0 Å². The topological polar surface area (TPSA) is 14.1 Å². The number of rotatable bonds is 0. The van der Waals surface area contributed by atoms with Crippen molar-refractivity contribution in [1.82, 2.24) is 4.98 Å². The van der Waals surface area contributed by atoms with Crippen molar-refractivity contribution in [3.8, 4) is 0 Å². The first-order valence-corrected chi connectivity index (χ1v) is 1.44. The molecule has 0 N–H and O–H groups in total. The molecule has 0 saturated carbocycles. The van der Waals surface area contributed by atoms with Crippen molar-refractivity contribution in [2.45, 2.75) is 0 Å². The molecule has 0 aliphatic heterocycles. The Hall–Kier alpha value is 2.55. The molecule has 0 saturated heterocycles. The summed E-state index contributed by atoms with van der Waals surface area (Å²) in [5.41, 5.74) is 0. The summed E-state index contributed by atoms with van der Waals surface area (Å²) >= 11 is 0. The zero-order valence-corrected chi connectivity index (χ0v) is 10.9. The third-order valence-electron chi connectivity index (χ3n) is 0.406. The van der Waals surface area contributed by atoms with Crippen LogP contribution in [0.5, 0.6) is 0 Å². The number of aromatic nitrogens is 1. The van der Waals surface area contributed by atoms with Crippen LogP contribution < -0.4 is 108 Å². The van der Waals surface area contributed by atoms with E-state index in [9.17, 15) is 0 Å². The molecule has 0 atom stereocenters. The van der Waals surface area contributed by atoms with Crippen molar-refractivity contribution in [2.75, 3.05) is 0 Å². The Morgan fingerprint density at radius 1 is 1.29 bits per heavy atom. The van der Waals surface area contributed by atoms with Crippen LogP contribution in [0.1, 0.15) is 0 Å². The van der Waals surface area contributed by atoms with Crippen LogP contribution in [0.15, 0.2) is 18.3 Å². The van der Waals surface area contributed by atoms with E-state index in [4.69, 9.17) is 0 Å². The van der Waals surface area contributed by atoms with Gasteiger partial charge in [0.15, 0.2) is 0 Å². The van der Waals surface area contributed by atoms with Crippen molar-refractivity contribution < 1.29 is 103 Å². The third kappa shape index (κ3) is 6.44. The van der Waals surface area contributed by atoms with Crippen molar-refractivity contribution >= 4 is 0 Å². The van der Waals surface area contributed by atoms with Gasteiger partial charge in [-0.15, -0.1) is 0 Å². The summed E-state index contributed by atoms with van der Waals surface area (Å²) in [6.07, 6.45) is 4.31. The summed E-state index contributed by atoms with van der Waals surface area (Å²) < 4.78 is 0. The first kappa shape index (κ1) is 12.2. The molecule has 7 heavy (non-hydrogen) atoms. The van der Waals surface area contributed by atoms with Crippen LogP contribution in [-0.4, -0.2) is 0 Å². The normalized spacial score (nSPS) is 5.71. The summed E-state index contributed by atoms with van der Waals surface area (Å²) in [5.74, 6) is 0. The van der Waals surface area contributed by atoms with Crippen LogP contribution in [0, 0.1) is 6.20 Å². The smallest absolute Gasteiger partial charge is 0.799 e. The van der Waals surface area contributed by atoms with Gasteiger partial charge in [0.25, 0.3) is 0 Å². The van der Waals surface area contributed by atoms with Gasteiger partial charge < -0.3 is 17.4 Å². The molecule has 0 spiro atoms. The Labute approximate surface area is 128 Å². The summed E-state index contributed by atoms with van der Waals surface area (Å²) in [7, 11) is 0. The molecule has 1 nitrogen and oxygen atoms in total. The fraction of sp³-hybridized carbons (Fsp3) is 0. The molecule has 1 heterocycles. The number of hydrogen-bond acceptors (Lipinski definition) is 0. The molecule has 0 aliphatic rings. The van der Waals surface area contributed by atoms with Crippen LogP contribution in [0.3, 0.4) is 0 Å². The molecule has 1 aromatic heterocycles. The minimum atomic E-state index is 0. The molecule has 0 aromatic carbocycles. The Morgan fingerprint density at radius 2 is 2.00 bits per heavy atom. The molecule has 3 heteroatoms. The van der Waals surface area contributed by atoms with Crippen LogP contribution in [0.2, 0.25) is 0 Å². The molecule has 1 aromatic rings. The molecule has 26 valence electrons. The van der Waals surface area contributed by atoms with Crippen molar-refractivity contribution in [2.24, 2.45) is 0 Å². The number of nitrogens with zero attached hydrogens (tertiary/aromatic N) is 1. The summed E-state index contributed by atoms with van der Waals surface area (Å²) in [5, 5.41) is 0. The minimum Gasteiger partial charge on any atom is -0.799 e. The van der Waals surface area contributed by atoms with Crippen molar-refractivity contribution in [3.63, 3.8) is 0 Å². The quantitative estimate of drug-likeness (QED) is 0.261. The van der Waals surface area contributed by atoms with Gasteiger partial charge in [0.05, 0.1) is 0 Å². The summed E-state index contributed by atoms with van der Waals surface area (Å²) in [6, 6.07) is 3.60. The average molecular weight is 143 g/mol. The van der Waals surface area contributed by atoms with E-state index in [1.165, 1.54) is 0 Å². The fourth-order valence-electron chi connectivity index (χ4n) is 0.215. The van der Waals surface area contributed by atoms with E-state index in [0.29, 0.717) is 0 Å². The molecule has 0 unspecified atom stereocenters. The molecule has 1 rings (SSSR count). The van der Waals surface area contributed by atoms with Crippen LogP contribution >= 0.6 is 0 Å². The predicted molar refractivity (Wildman–Crippen MR) is 18.6 cm³/mol. The van der Waals surface area contributed by atoms with Gasteiger partial charge in [-0.3, -0.25) is 0 Å². The van der Waals surface area contributed by atoms with E-state index in [0.717, 1.165) is 0 Å². The van der Waals surface area contributed by atoms with Gasteiger partial charge in [-0.05, 0) is 0 Å². The van der Waals surface area contributed by atoms with Crippen molar-refractivity contribution in [1.29, 1.82) is 0 Å². The van der Waals surface area contributed by atoms with Gasteiger partial charge in [0, 0.05) is 0 Å². The van der Waals surface area contributed by atoms with E-state index >= 15 is 0 Å². The Bertz CT molecular complexity index is 66.2. The maximum absolute atomic E-state index is 3.60. The molecular formula is C4H3K2N. The van der Waals surface area contributed by atoms with Crippen LogP contribution in [0.4, 0.5) is 0 Å². The maximum Gasteiger partial charge on any atom is 1.00 e. The summed E-state index contributed by atoms with van der Waals surface area (Å²) in [6.45, 7) is 0. The first-order chi connectivity index (χ1) is 2.50. The molecule has 0 aliphatic carbocycles. The number of hydrogen-bond donors (Lipinski definition) is 0. The van der Waals surface area contributed by atoms with E-state index in [1.54, 1.807) is 12.3 Å². The Morgan fingerprint density at radius 3 is 2.14 bits per heavy atom. The molecule has 0 fully saturated rings. The van der Waals surface area contributed by atoms with Gasteiger partial charge >= 0.3 is 103 Å². The van der Waals surface area contributed by atoms with Crippen LogP contribution in [0.25, 0.3) is 0 Å². The second-order valence-corrected chi connectivity index (χ2v) is 0.766. The third-order valence-corrected chi connectivity index (χ3v) is 0.406. The molecular weight excluding hydrogens is 140 g/mol. The fourth-order valence-corrected chi connectivity index (χ4v) is 0.215. The second kappa shape index (κ2) is 8.55. The zero-order valence-electron chi connectivity index (χ0n) is 4.68. The molecule has 0 radical (unpaired) electrons. The maximum atomic E-state index is 3.60. The SMILES string of the molecule is [K+].[K+].[c-]1ccc[n-]1. The largest absolute Gasteiger partial charge is 1.00 e. The van der Waals surface area contributed by atoms with Gasteiger partial charge in [-0.1, -0.05) is 0 Å². The van der Waals surface area contributed by atoms with Crippen molar-refractivity contribution in [3.05, 3.63) is 24.5 Å². The first-order valence-electron chi connectivity index (χ1n) is 1.44. The van der Waals surface area contributed by atoms with E-state index in [-0.39, 0.29) is 103 Å². The Kier molecular flexibility index (Phi) is 15.0. The molecule has 0 bridgehead atoms. The van der Waals surface area contributed by atoms with E-state index in [2.05, 4.69) is 11.2 Å². The second-order valence-electron chi connectivity index (χ2n) is 0.766. The minimum absolute atomic E-state index is 0. The zero-order chi connectivity index (χ0) is 3.54. The van der Waals surface area contributed by atoms with Gasteiger partial charge in [-0.25, -0.2) is 12.1 Å². The monoisotopic (exact) mass is 143 g/mol. The standard InChI is InChI=1S/C4H3N.2K/c1-2-4-5-3-1;;/h1-3H;;/q-2;2*+1. The Balaban J connectivity index is 0. The van der Waals surface area contributed by atoms with Gasteiger partial charge in [0.2, 0.25) is 0 Å². The van der Waals surface area contributed by atoms with Gasteiger partial charge in [-0.2, -0.15) is 0 Å².